The van der Waals surface area contributed by atoms with Gasteiger partial charge in [0.25, 0.3) is 5.91 Å². The standard InChI is InChI=1S/C19H25N3O4S/c1-20-27(24,25)16-8-5-7-15(13-16)19(23)21-14-17(18-9-6-12-26-18)22-10-3-2-4-11-22/h5-9,12-13,17,20H,2-4,10-11,14H2,1H3,(H,21,23). The first kappa shape index (κ1) is 19.6. The molecule has 1 amide bonds. The number of carbonyl (C=O) groups is 1. The van der Waals surface area contributed by atoms with Gasteiger partial charge in [0, 0.05) is 12.1 Å². The van der Waals surface area contributed by atoms with Gasteiger partial charge in [-0.05, 0) is 63.3 Å². The Morgan fingerprint density at radius 3 is 2.63 bits per heavy atom. The third-order valence-electron chi connectivity index (χ3n) is 4.83. The summed E-state index contributed by atoms with van der Waals surface area (Å²) in [5.74, 6) is 0.514. The van der Waals surface area contributed by atoms with Crippen LogP contribution in [0.5, 0.6) is 0 Å². The van der Waals surface area contributed by atoms with Gasteiger partial charge < -0.3 is 9.73 Å². The van der Waals surface area contributed by atoms with Gasteiger partial charge in [0.1, 0.15) is 5.76 Å². The van der Waals surface area contributed by atoms with Crippen molar-refractivity contribution in [2.24, 2.45) is 0 Å². The molecule has 0 radical (unpaired) electrons. The smallest absolute Gasteiger partial charge is 0.251 e. The number of nitrogens with one attached hydrogen (secondary N) is 2. The van der Waals surface area contributed by atoms with E-state index in [2.05, 4.69) is 14.9 Å². The molecule has 0 aliphatic carbocycles. The topological polar surface area (TPSA) is 91.6 Å². The average Bonchev–Trinajstić information content (AvgIpc) is 3.23. The van der Waals surface area contributed by atoms with Crippen molar-refractivity contribution in [3.63, 3.8) is 0 Å². The maximum Gasteiger partial charge on any atom is 0.251 e. The number of hydrogen-bond donors (Lipinski definition) is 2. The molecule has 1 aromatic heterocycles. The molecule has 3 rings (SSSR count). The van der Waals surface area contributed by atoms with Crippen LogP contribution in [0.1, 0.15) is 41.4 Å². The van der Waals surface area contributed by atoms with Crippen molar-refractivity contribution in [2.45, 2.75) is 30.2 Å². The molecule has 27 heavy (non-hydrogen) atoms. The van der Waals surface area contributed by atoms with Crippen molar-refractivity contribution in [2.75, 3.05) is 26.7 Å². The van der Waals surface area contributed by atoms with Crippen LogP contribution in [0.3, 0.4) is 0 Å². The lowest BCUT2D eigenvalue weighted by molar-refractivity contribution is 0.0914. The van der Waals surface area contributed by atoms with Gasteiger partial charge in [0.15, 0.2) is 0 Å². The number of piperidine rings is 1. The fourth-order valence-electron chi connectivity index (χ4n) is 3.33. The summed E-state index contributed by atoms with van der Waals surface area (Å²) < 4.78 is 31.7. The Kier molecular flexibility index (Phi) is 6.30. The van der Waals surface area contributed by atoms with Gasteiger partial charge in [-0.3, -0.25) is 9.69 Å². The molecule has 2 N–H and O–H groups in total. The number of carbonyl (C=O) groups excluding carboxylic acids is 1. The van der Waals surface area contributed by atoms with E-state index >= 15 is 0 Å². The Hall–Kier alpha value is -2.16. The predicted molar refractivity (Wildman–Crippen MR) is 102 cm³/mol. The molecule has 1 aliphatic heterocycles. The summed E-state index contributed by atoms with van der Waals surface area (Å²) >= 11 is 0. The van der Waals surface area contributed by atoms with Crippen molar-refractivity contribution in [1.82, 2.24) is 14.9 Å². The van der Waals surface area contributed by atoms with Crippen LogP contribution in [0, 0.1) is 0 Å². The largest absolute Gasteiger partial charge is 0.468 e. The highest BCUT2D eigenvalue weighted by Gasteiger charge is 2.25. The molecule has 0 spiro atoms. The lowest BCUT2D eigenvalue weighted by atomic mass is 10.1. The van der Waals surface area contributed by atoms with Gasteiger partial charge in [-0.25, -0.2) is 13.1 Å². The number of benzene rings is 1. The quantitative estimate of drug-likeness (QED) is 0.755. The molecule has 1 atom stereocenters. The van der Waals surface area contributed by atoms with Gasteiger partial charge in [-0.1, -0.05) is 12.5 Å². The minimum atomic E-state index is -3.59. The number of nitrogens with zero attached hydrogens (tertiary/aromatic N) is 1. The zero-order valence-corrected chi connectivity index (χ0v) is 16.2. The van der Waals surface area contributed by atoms with Crippen molar-refractivity contribution >= 4 is 15.9 Å². The van der Waals surface area contributed by atoms with Crippen LogP contribution in [-0.2, 0) is 10.0 Å². The molecule has 8 heteroatoms. The van der Waals surface area contributed by atoms with Crippen molar-refractivity contribution in [3.8, 4) is 0 Å². The van der Waals surface area contributed by atoms with Crippen LogP contribution in [0.15, 0.2) is 52.0 Å². The van der Waals surface area contributed by atoms with Crippen molar-refractivity contribution in [1.29, 1.82) is 0 Å². The van der Waals surface area contributed by atoms with E-state index in [1.54, 1.807) is 18.4 Å². The lowest BCUT2D eigenvalue weighted by Crippen LogP contribution is -2.40. The molecule has 1 fully saturated rings. The van der Waals surface area contributed by atoms with E-state index in [1.807, 2.05) is 12.1 Å². The summed E-state index contributed by atoms with van der Waals surface area (Å²) in [5.41, 5.74) is 0.308. The van der Waals surface area contributed by atoms with E-state index in [9.17, 15) is 13.2 Å². The van der Waals surface area contributed by atoms with Crippen LogP contribution < -0.4 is 10.0 Å². The Morgan fingerprint density at radius 2 is 1.96 bits per heavy atom. The van der Waals surface area contributed by atoms with Crippen molar-refractivity contribution < 1.29 is 17.6 Å². The number of rotatable bonds is 7. The maximum absolute atomic E-state index is 12.6. The Labute approximate surface area is 159 Å². The monoisotopic (exact) mass is 391 g/mol. The van der Waals surface area contributed by atoms with Gasteiger partial charge >= 0.3 is 0 Å². The van der Waals surface area contributed by atoms with Gasteiger partial charge in [0.2, 0.25) is 10.0 Å². The highest BCUT2D eigenvalue weighted by molar-refractivity contribution is 7.89. The van der Waals surface area contributed by atoms with E-state index in [-0.39, 0.29) is 16.8 Å². The minimum Gasteiger partial charge on any atom is -0.468 e. The second-order valence-corrected chi connectivity index (χ2v) is 8.46. The summed E-state index contributed by atoms with van der Waals surface area (Å²) in [4.78, 5) is 15.0. The van der Waals surface area contributed by atoms with Crippen molar-refractivity contribution in [3.05, 3.63) is 54.0 Å². The molecule has 2 heterocycles. The first-order valence-corrected chi connectivity index (χ1v) is 10.6. The number of amides is 1. The van der Waals surface area contributed by atoms with E-state index in [0.29, 0.717) is 12.1 Å². The Bertz CT molecular complexity index is 859. The Balaban J connectivity index is 1.72. The molecule has 1 unspecified atom stereocenters. The van der Waals surface area contributed by atoms with Crippen LogP contribution in [0.2, 0.25) is 0 Å². The lowest BCUT2D eigenvalue weighted by Gasteiger charge is -2.33. The molecular formula is C19H25N3O4S. The van der Waals surface area contributed by atoms with E-state index in [1.165, 1.54) is 25.6 Å². The first-order valence-electron chi connectivity index (χ1n) is 9.10. The summed E-state index contributed by atoms with van der Waals surface area (Å²) in [5, 5.41) is 2.93. The minimum absolute atomic E-state index is 0.0338. The molecule has 7 nitrogen and oxygen atoms in total. The van der Waals surface area contributed by atoms with Crippen LogP contribution in [-0.4, -0.2) is 45.9 Å². The molecule has 1 saturated heterocycles. The maximum atomic E-state index is 12.6. The number of sulfonamides is 1. The van der Waals surface area contributed by atoms with Crippen LogP contribution in [0.4, 0.5) is 0 Å². The summed E-state index contributed by atoms with van der Waals surface area (Å²) in [6.45, 7) is 2.34. The normalized spacial score (nSPS) is 16.8. The second-order valence-electron chi connectivity index (χ2n) is 6.57. The van der Waals surface area contributed by atoms with Gasteiger partial charge in [-0.2, -0.15) is 0 Å². The van der Waals surface area contributed by atoms with Gasteiger partial charge in [-0.15, -0.1) is 0 Å². The highest BCUT2D eigenvalue weighted by atomic mass is 32.2. The molecule has 2 aromatic rings. The number of furan rings is 1. The molecule has 1 aliphatic rings. The SMILES string of the molecule is CNS(=O)(=O)c1cccc(C(=O)NCC(c2ccco2)N2CCCCC2)c1. The van der Waals surface area contributed by atoms with E-state index < -0.39 is 10.0 Å². The molecule has 1 aromatic carbocycles. The molecule has 146 valence electrons. The summed E-state index contributed by atoms with van der Waals surface area (Å²) in [6, 6.07) is 9.74. The molecule has 0 saturated carbocycles. The van der Waals surface area contributed by atoms with E-state index in [4.69, 9.17) is 4.42 Å². The second kappa shape index (κ2) is 8.69. The predicted octanol–water partition coefficient (Wildman–Crippen LogP) is 2.14. The summed E-state index contributed by atoms with van der Waals surface area (Å²) in [7, 11) is -2.25. The number of hydrogen-bond acceptors (Lipinski definition) is 5. The fraction of sp³-hybridized carbons (Fsp3) is 0.421. The first-order chi connectivity index (χ1) is 13.0. The van der Waals surface area contributed by atoms with Gasteiger partial charge in [0.05, 0.1) is 17.2 Å². The third-order valence-corrected chi connectivity index (χ3v) is 6.25. The average molecular weight is 391 g/mol. The molecule has 0 bridgehead atoms. The van der Waals surface area contributed by atoms with E-state index in [0.717, 1.165) is 31.7 Å². The number of likely N-dealkylation sites (tertiary alicyclic amines) is 1. The highest BCUT2D eigenvalue weighted by Crippen LogP contribution is 2.24. The zero-order valence-electron chi connectivity index (χ0n) is 15.3. The zero-order chi connectivity index (χ0) is 19.3. The van der Waals surface area contributed by atoms with Crippen LogP contribution in [0.25, 0.3) is 0 Å². The summed E-state index contributed by atoms with van der Waals surface area (Å²) in [6.07, 6.45) is 5.13. The fourth-order valence-corrected chi connectivity index (χ4v) is 4.11. The third kappa shape index (κ3) is 4.77. The molecular weight excluding hydrogens is 366 g/mol. The Morgan fingerprint density at radius 1 is 1.19 bits per heavy atom. The van der Waals surface area contributed by atoms with Crippen LogP contribution >= 0.6 is 0 Å².